The van der Waals surface area contributed by atoms with Crippen LogP contribution in [0.25, 0.3) is 0 Å². The Morgan fingerprint density at radius 1 is 1.05 bits per heavy atom. The van der Waals surface area contributed by atoms with Crippen molar-refractivity contribution in [2.45, 2.75) is 45.2 Å². The van der Waals surface area contributed by atoms with E-state index in [0.717, 1.165) is 24.8 Å². The van der Waals surface area contributed by atoms with Gasteiger partial charge in [0.2, 0.25) is 0 Å². The zero-order valence-electron chi connectivity index (χ0n) is 12.9. The molecule has 1 N–H and O–H groups in total. The second kappa shape index (κ2) is 7.94. The highest BCUT2D eigenvalue weighted by molar-refractivity contribution is 5.20. The van der Waals surface area contributed by atoms with Gasteiger partial charge in [-0.25, -0.2) is 4.39 Å². The normalized spacial score (nSPS) is 13.9. The van der Waals surface area contributed by atoms with E-state index in [0.29, 0.717) is 12.1 Å². The molecule has 0 amide bonds. The van der Waals surface area contributed by atoms with Crippen LogP contribution in [0.1, 0.15) is 43.9 Å². The van der Waals surface area contributed by atoms with E-state index in [2.05, 4.69) is 43.4 Å². The molecule has 0 radical (unpaired) electrons. The molecule has 1 nitrogen and oxygen atoms in total. The molecule has 2 unspecified atom stereocenters. The topological polar surface area (TPSA) is 12.0 Å². The lowest BCUT2D eigenvalue weighted by Crippen LogP contribution is -2.32. The maximum atomic E-state index is 13.2. The van der Waals surface area contributed by atoms with Crippen LogP contribution in [-0.4, -0.2) is 6.04 Å². The number of hydrogen-bond acceptors (Lipinski definition) is 1. The largest absolute Gasteiger partial charge is 0.307 e. The summed E-state index contributed by atoms with van der Waals surface area (Å²) in [7, 11) is 0. The lowest BCUT2D eigenvalue weighted by Gasteiger charge is -2.23. The molecule has 21 heavy (non-hydrogen) atoms. The second-order valence-electron chi connectivity index (χ2n) is 5.65. The van der Waals surface area contributed by atoms with Crippen molar-refractivity contribution in [3.63, 3.8) is 0 Å². The van der Waals surface area contributed by atoms with Crippen molar-refractivity contribution >= 4 is 0 Å². The van der Waals surface area contributed by atoms with Crippen molar-refractivity contribution in [1.29, 1.82) is 0 Å². The standard InChI is InChI=1S/C19H24FN/c1-3-8-19(17-10-5-4-6-11-17)21-15(2)13-16-9-7-12-18(20)14-16/h4-7,9-12,14-15,19,21H,3,8,13H2,1-2H3. The summed E-state index contributed by atoms with van der Waals surface area (Å²) in [6.07, 6.45) is 3.08. The molecular weight excluding hydrogens is 261 g/mol. The molecule has 112 valence electrons. The van der Waals surface area contributed by atoms with E-state index >= 15 is 0 Å². The maximum absolute atomic E-state index is 13.2. The minimum atomic E-state index is -0.159. The van der Waals surface area contributed by atoms with Gasteiger partial charge in [0.25, 0.3) is 0 Å². The Bertz CT molecular complexity index is 538. The highest BCUT2D eigenvalue weighted by atomic mass is 19.1. The van der Waals surface area contributed by atoms with Crippen LogP contribution in [0.3, 0.4) is 0 Å². The van der Waals surface area contributed by atoms with E-state index < -0.39 is 0 Å². The summed E-state index contributed by atoms with van der Waals surface area (Å²) >= 11 is 0. The van der Waals surface area contributed by atoms with Gasteiger partial charge in [-0.3, -0.25) is 0 Å². The predicted octanol–water partition coefficient (Wildman–Crippen LogP) is 4.89. The first-order valence-corrected chi connectivity index (χ1v) is 7.74. The molecule has 2 aromatic rings. The van der Waals surface area contributed by atoms with Crippen molar-refractivity contribution in [3.05, 3.63) is 71.5 Å². The molecule has 2 aromatic carbocycles. The van der Waals surface area contributed by atoms with Crippen LogP contribution in [0, 0.1) is 5.82 Å². The number of rotatable bonds is 7. The molecule has 0 aromatic heterocycles. The quantitative estimate of drug-likeness (QED) is 0.764. The Hall–Kier alpha value is -1.67. The van der Waals surface area contributed by atoms with E-state index in [1.54, 1.807) is 12.1 Å². The smallest absolute Gasteiger partial charge is 0.123 e. The van der Waals surface area contributed by atoms with Crippen molar-refractivity contribution in [2.24, 2.45) is 0 Å². The lowest BCUT2D eigenvalue weighted by molar-refractivity contribution is 0.428. The zero-order chi connectivity index (χ0) is 15.1. The summed E-state index contributed by atoms with van der Waals surface area (Å²) in [6.45, 7) is 4.37. The van der Waals surface area contributed by atoms with E-state index in [9.17, 15) is 4.39 Å². The van der Waals surface area contributed by atoms with Gasteiger partial charge in [-0.1, -0.05) is 55.8 Å². The molecule has 2 atom stereocenters. The van der Waals surface area contributed by atoms with Crippen LogP contribution in [0.15, 0.2) is 54.6 Å². The minimum absolute atomic E-state index is 0.159. The predicted molar refractivity (Wildman–Crippen MR) is 86.8 cm³/mol. The van der Waals surface area contributed by atoms with Crippen molar-refractivity contribution in [2.75, 3.05) is 0 Å². The fourth-order valence-corrected chi connectivity index (χ4v) is 2.74. The summed E-state index contributed by atoms with van der Waals surface area (Å²) in [4.78, 5) is 0. The van der Waals surface area contributed by atoms with Crippen LogP contribution in [-0.2, 0) is 6.42 Å². The summed E-state index contributed by atoms with van der Waals surface area (Å²) in [5.74, 6) is -0.159. The Labute approximate surface area is 127 Å². The second-order valence-corrected chi connectivity index (χ2v) is 5.65. The summed E-state index contributed by atoms with van der Waals surface area (Å²) in [5, 5.41) is 3.68. The molecule has 0 fully saturated rings. The van der Waals surface area contributed by atoms with Gasteiger partial charge < -0.3 is 5.32 Å². The molecule has 0 heterocycles. The molecule has 0 saturated carbocycles. The first-order chi connectivity index (χ1) is 10.2. The average molecular weight is 285 g/mol. The molecular formula is C19H24FN. The van der Waals surface area contributed by atoms with E-state index in [1.165, 1.54) is 11.6 Å². The van der Waals surface area contributed by atoms with E-state index in [4.69, 9.17) is 0 Å². The van der Waals surface area contributed by atoms with Crippen molar-refractivity contribution < 1.29 is 4.39 Å². The summed E-state index contributed by atoms with van der Waals surface area (Å²) in [5.41, 5.74) is 2.36. The van der Waals surface area contributed by atoms with Gasteiger partial charge in [-0.15, -0.1) is 0 Å². The van der Waals surface area contributed by atoms with Crippen LogP contribution < -0.4 is 5.32 Å². The average Bonchev–Trinajstić information content (AvgIpc) is 2.47. The molecule has 0 bridgehead atoms. The van der Waals surface area contributed by atoms with Gasteiger partial charge in [0.15, 0.2) is 0 Å². The van der Waals surface area contributed by atoms with Gasteiger partial charge in [-0.05, 0) is 43.0 Å². The monoisotopic (exact) mass is 285 g/mol. The molecule has 0 spiro atoms. The number of nitrogens with one attached hydrogen (secondary N) is 1. The third-order valence-corrected chi connectivity index (χ3v) is 3.70. The molecule has 0 aliphatic heterocycles. The minimum Gasteiger partial charge on any atom is -0.307 e. The van der Waals surface area contributed by atoms with E-state index in [-0.39, 0.29) is 5.82 Å². The molecule has 2 rings (SSSR count). The highest BCUT2D eigenvalue weighted by Crippen LogP contribution is 2.19. The van der Waals surface area contributed by atoms with Gasteiger partial charge in [0.05, 0.1) is 0 Å². The Balaban J connectivity index is 2.00. The summed E-state index contributed by atoms with van der Waals surface area (Å²) < 4.78 is 13.2. The third kappa shape index (κ3) is 4.98. The lowest BCUT2D eigenvalue weighted by atomic mass is 9.99. The van der Waals surface area contributed by atoms with Crippen molar-refractivity contribution in [1.82, 2.24) is 5.32 Å². The molecule has 0 aliphatic carbocycles. The first-order valence-electron chi connectivity index (χ1n) is 7.74. The Kier molecular flexibility index (Phi) is 5.94. The first kappa shape index (κ1) is 15.7. The fourth-order valence-electron chi connectivity index (χ4n) is 2.74. The molecule has 0 aliphatic rings. The van der Waals surface area contributed by atoms with Gasteiger partial charge in [0, 0.05) is 12.1 Å². The van der Waals surface area contributed by atoms with Crippen LogP contribution >= 0.6 is 0 Å². The summed E-state index contributed by atoms with van der Waals surface area (Å²) in [6, 6.07) is 18.1. The Morgan fingerprint density at radius 2 is 1.81 bits per heavy atom. The number of hydrogen-bond donors (Lipinski definition) is 1. The Morgan fingerprint density at radius 3 is 2.48 bits per heavy atom. The highest BCUT2D eigenvalue weighted by Gasteiger charge is 2.13. The van der Waals surface area contributed by atoms with Gasteiger partial charge in [0.1, 0.15) is 5.82 Å². The SMILES string of the molecule is CCCC(NC(C)Cc1cccc(F)c1)c1ccccc1. The van der Waals surface area contributed by atoms with Crippen LogP contribution in [0.5, 0.6) is 0 Å². The van der Waals surface area contributed by atoms with Gasteiger partial charge >= 0.3 is 0 Å². The maximum Gasteiger partial charge on any atom is 0.123 e. The fraction of sp³-hybridized carbons (Fsp3) is 0.368. The molecule has 0 saturated heterocycles. The zero-order valence-corrected chi connectivity index (χ0v) is 12.9. The van der Waals surface area contributed by atoms with Gasteiger partial charge in [-0.2, -0.15) is 0 Å². The molecule has 2 heteroatoms. The van der Waals surface area contributed by atoms with Crippen molar-refractivity contribution in [3.8, 4) is 0 Å². The third-order valence-electron chi connectivity index (χ3n) is 3.70. The van der Waals surface area contributed by atoms with Crippen LogP contribution in [0.4, 0.5) is 4.39 Å². The number of halogens is 1. The number of benzene rings is 2. The van der Waals surface area contributed by atoms with E-state index in [1.807, 2.05) is 12.1 Å². The van der Waals surface area contributed by atoms with Crippen LogP contribution in [0.2, 0.25) is 0 Å².